The fourth-order valence-electron chi connectivity index (χ4n) is 4.04. The zero-order chi connectivity index (χ0) is 18.8. The Bertz CT molecular complexity index is 536. The van der Waals surface area contributed by atoms with Crippen molar-refractivity contribution in [1.82, 2.24) is 5.32 Å². The van der Waals surface area contributed by atoms with Gasteiger partial charge in [0.25, 0.3) is 0 Å². The molecule has 0 unspecified atom stereocenters. The van der Waals surface area contributed by atoms with Crippen LogP contribution in [0.1, 0.15) is 95.2 Å². The molecule has 0 aliphatic heterocycles. The number of nitrogens with one attached hydrogen (secondary N) is 2. The van der Waals surface area contributed by atoms with Gasteiger partial charge >= 0.3 is 0 Å². The van der Waals surface area contributed by atoms with Crippen LogP contribution in [0.4, 0.5) is 5.69 Å². The summed E-state index contributed by atoms with van der Waals surface area (Å²) in [5.74, 6) is 0. The number of hydrogen-bond donors (Lipinski definition) is 2. The summed E-state index contributed by atoms with van der Waals surface area (Å²) in [6.45, 7) is 6.77. The number of hydrogen-bond acceptors (Lipinski definition) is 1. The van der Waals surface area contributed by atoms with Crippen molar-refractivity contribution in [2.75, 3.05) is 5.32 Å². The largest absolute Gasteiger partial charge is 0.360 e. The third kappa shape index (κ3) is 6.57. The van der Waals surface area contributed by atoms with E-state index < -0.39 is 0 Å². The summed E-state index contributed by atoms with van der Waals surface area (Å²) in [5, 5.41) is 7.91. The van der Waals surface area contributed by atoms with Crippen LogP contribution in [0.25, 0.3) is 0 Å². The molecule has 0 heterocycles. The summed E-state index contributed by atoms with van der Waals surface area (Å²) in [4.78, 5) is 0. The van der Waals surface area contributed by atoms with Crippen molar-refractivity contribution in [2.24, 2.45) is 0 Å². The van der Waals surface area contributed by atoms with Gasteiger partial charge in [-0.25, -0.2) is 0 Å². The van der Waals surface area contributed by atoms with Crippen LogP contribution < -0.4 is 10.6 Å². The predicted molar refractivity (Wildman–Crippen MR) is 119 cm³/mol. The Kier molecular flexibility index (Phi) is 9.45. The molecule has 0 radical (unpaired) electrons. The first-order valence-electron chi connectivity index (χ1n) is 10.9. The van der Waals surface area contributed by atoms with Crippen LogP contribution in [0, 0.1) is 0 Å². The van der Waals surface area contributed by atoms with Crippen LogP contribution in [0.15, 0.2) is 12.1 Å². The van der Waals surface area contributed by atoms with E-state index in [4.69, 9.17) is 12.2 Å². The van der Waals surface area contributed by atoms with Gasteiger partial charge in [0.05, 0.1) is 0 Å². The molecule has 1 aliphatic rings. The molecule has 0 saturated heterocycles. The van der Waals surface area contributed by atoms with Gasteiger partial charge < -0.3 is 10.6 Å². The molecule has 0 atom stereocenters. The Morgan fingerprint density at radius 3 is 2.19 bits per heavy atom. The summed E-state index contributed by atoms with van der Waals surface area (Å²) >= 11 is 5.64. The molecule has 1 aromatic carbocycles. The number of rotatable bonds is 9. The third-order valence-electron chi connectivity index (χ3n) is 5.62. The van der Waals surface area contributed by atoms with Crippen molar-refractivity contribution in [3.05, 3.63) is 28.8 Å². The second kappa shape index (κ2) is 11.6. The number of anilines is 1. The summed E-state index contributed by atoms with van der Waals surface area (Å²) in [5.41, 5.74) is 5.55. The molecule has 2 nitrogen and oxygen atoms in total. The molecule has 146 valence electrons. The van der Waals surface area contributed by atoms with Gasteiger partial charge in [0, 0.05) is 11.7 Å². The molecule has 26 heavy (non-hydrogen) atoms. The van der Waals surface area contributed by atoms with E-state index in [0.717, 1.165) is 18.0 Å². The monoisotopic (exact) mass is 374 g/mol. The van der Waals surface area contributed by atoms with Gasteiger partial charge in [-0.3, -0.25) is 0 Å². The smallest absolute Gasteiger partial charge is 0.171 e. The first kappa shape index (κ1) is 21.2. The minimum atomic E-state index is 0.553. The molecule has 0 spiro atoms. The van der Waals surface area contributed by atoms with Gasteiger partial charge in [0.15, 0.2) is 5.11 Å². The highest BCUT2D eigenvalue weighted by atomic mass is 32.1. The summed E-state index contributed by atoms with van der Waals surface area (Å²) in [6, 6.07) is 5.35. The van der Waals surface area contributed by atoms with Crippen molar-refractivity contribution >= 4 is 23.0 Å². The second-order valence-electron chi connectivity index (χ2n) is 7.74. The Labute approximate surface area is 166 Å². The van der Waals surface area contributed by atoms with Crippen molar-refractivity contribution in [3.63, 3.8) is 0 Å². The maximum Gasteiger partial charge on any atom is 0.171 e. The Morgan fingerprint density at radius 2 is 1.62 bits per heavy atom. The van der Waals surface area contributed by atoms with Gasteiger partial charge in [-0.2, -0.15) is 0 Å². The van der Waals surface area contributed by atoms with Crippen molar-refractivity contribution in [2.45, 2.75) is 104 Å². The van der Waals surface area contributed by atoms with Crippen molar-refractivity contribution in [1.29, 1.82) is 0 Å². The molecule has 0 aromatic heterocycles. The standard InChI is InChI=1S/C23H38N2S/c1-4-7-8-10-13-18-16-19(5-2)22(20(6-3)17-18)25-23(26)24-21-14-11-9-12-15-21/h16-17,21H,4-15H2,1-3H3,(H2,24,25,26). The molecule has 1 fully saturated rings. The fraction of sp³-hybridized carbons (Fsp3) is 0.696. The lowest BCUT2D eigenvalue weighted by Crippen LogP contribution is -2.39. The third-order valence-corrected chi connectivity index (χ3v) is 5.84. The first-order chi connectivity index (χ1) is 12.7. The molecule has 2 N–H and O–H groups in total. The van der Waals surface area contributed by atoms with E-state index in [-0.39, 0.29) is 0 Å². The minimum absolute atomic E-state index is 0.553. The van der Waals surface area contributed by atoms with E-state index in [1.54, 1.807) is 0 Å². The Hall–Kier alpha value is -1.09. The first-order valence-corrected chi connectivity index (χ1v) is 11.3. The predicted octanol–water partition coefficient (Wildman–Crippen LogP) is 6.55. The zero-order valence-corrected chi connectivity index (χ0v) is 17.9. The minimum Gasteiger partial charge on any atom is -0.360 e. The number of aryl methyl sites for hydroxylation is 3. The van der Waals surface area contributed by atoms with E-state index >= 15 is 0 Å². The van der Waals surface area contributed by atoms with E-state index in [1.165, 1.54) is 86.6 Å². The molecule has 1 aliphatic carbocycles. The summed E-state index contributed by atoms with van der Waals surface area (Å²) in [7, 11) is 0. The number of thiocarbonyl (C=S) groups is 1. The van der Waals surface area contributed by atoms with E-state index in [2.05, 4.69) is 43.5 Å². The number of benzene rings is 1. The van der Waals surface area contributed by atoms with Gasteiger partial charge in [0.1, 0.15) is 0 Å². The van der Waals surface area contributed by atoms with E-state index in [9.17, 15) is 0 Å². The van der Waals surface area contributed by atoms with Gasteiger partial charge in [0.2, 0.25) is 0 Å². The van der Waals surface area contributed by atoms with Crippen LogP contribution in [0.5, 0.6) is 0 Å². The topological polar surface area (TPSA) is 24.1 Å². The average Bonchev–Trinajstić information content (AvgIpc) is 2.66. The van der Waals surface area contributed by atoms with Gasteiger partial charge in [-0.15, -0.1) is 0 Å². The summed E-state index contributed by atoms with van der Waals surface area (Å²) in [6.07, 6.45) is 15.1. The summed E-state index contributed by atoms with van der Waals surface area (Å²) < 4.78 is 0. The maximum absolute atomic E-state index is 5.64. The second-order valence-corrected chi connectivity index (χ2v) is 8.15. The molecule has 2 rings (SSSR count). The van der Waals surface area contributed by atoms with Crippen molar-refractivity contribution < 1.29 is 0 Å². The molecule has 0 bridgehead atoms. The van der Waals surface area contributed by atoms with Crippen molar-refractivity contribution in [3.8, 4) is 0 Å². The molecular weight excluding hydrogens is 336 g/mol. The highest BCUT2D eigenvalue weighted by Gasteiger charge is 2.16. The maximum atomic E-state index is 5.64. The lowest BCUT2D eigenvalue weighted by atomic mass is 9.95. The highest BCUT2D eigenvalue weighted by molar-refractivity contribution is 7.80. The highest BCUT2D eigenvalue weighted by Crippen LogP contribution is 2.26. The van der Waals surface area contributed by atoms with E-state index in [1.807, 2.05) is 0 Å². The molecule has 1 aromatic rings. The zero-order valence-electron chi connectivity index (χ0n) is 17.1. The van der Waals surface area contributed by atoms with Gasteiger partial charge in [-0.05, 0) is 67.4 Å². The van der Waals surface area contributed by atoms with Crippen LogP contribution in [0.3, 0.4) is 0 Å². The van der Waals surface area contributed by atoms with Crippen LogP contribution in [-0.4, -0.2) is 11.2 Å². The quantitative estimate of drug-likeness (QED) is 0.378. The molecular formula is C23H38N2S. The molecule has 1 saturated carbocycles. The number of unbranched alkanes of at least 4 members (excludes halogenated alkanes) is 3. The van der Waals surface area contributed by atoms with Gasteiger partial charge in [-0.1, -0.05) is 71.4 Å². The Morgan fingerprint density at radius 1 is 0.962 bits per heavy atom. The lowest BCUT2D eigenvalue weighted by molar-refractivity contribution is 0.415. The van der Waals surface area contributed by atoms with Crippen LogP contribution >= 0.6 is 12.2 Å². The van der Waals surface area contributed by atoms with Crippen LogP contribution in [0.2, 0.25) is 0 Å². The van der Waals surface area contributed by atoms with E-state index in [0.29, 0.717) is 6.04 Å². The fourth-order valence-corrected chi connectivity index (χ4v) is 4.31. The molecule has 3 heteroatoms. The normalized spacial score (nSPS) is 15.0. The molecule has 0 amide bonds. The lowest BCUT2D eigenvalue weighted by Gasteiger charge is -2.25. The Balaban J connectivity index is 2.04. The SMILES string of the molecule is CCCCCCc1cc(CC)c(NC(=S)NC2CCCCC2)c(CC)c1. The average molecular weight is 375 g/mol. The van der Waals surface area contributed by atoms with Crippen LogP contribution in [-0.2, 0) is 19.3 Å².